The van der Waals surface area contributed by atoms with E-state index in [0.29, 0.717) is 5.92 Å². The molecule has 4 heteroatoms. The number of hydrogen-bond acceptors (Lipinski definition) is 3. The molecule has 0 radical (unpaired) electrons. The maximum Gasteiger partial charge on any atom is 0.138 e. The van der Waals surface area contributed by atoms with Crippen molar-refractivity contribution in [2.24, 2.45) is 17.8 Å². The van der Waals surface area contributed by atoms with Crippen LogP contribution in [0.3, 0.4) is 0 Å². The van der Waals surface area contributed by atoms with Gasteiger partial charge in [0.2, 0.25) is 0 Å². The number of thiophene rings is 1. The highest BCUT2D eigenvalue weighted by Crippen LogP contribution is 2.14. The summed E-state index contributed by atoms with van der Waals surface area (Å²) >= 11 is 1.86. The van der Waals surface area contributed by atoms with Gasteiger partial charge in [0.1, 0.15) is 12.7 Å². The van der Waals surface area contributed by atoms with Crippen LogP contribution in [0.5, 0.6) is 0 Å². The predicted octanol–water partition coefficient (Wildman–Crippen LogP) is 10.3. The molecule has 0 fully saturated rings. The average Bonchev–Trinajstić information content (AvgIpc) is 3.53. The van der Waals surface area contributed by atoms with E-state index in [4.69, 9.17) is 0 Å². The summed E-state index contributed by atoms with van der Waals surface area (Å²) in [6.45, 7) is 15.6. The van der Waals surface area contributed by atoms with Crippen LogP contribution in [0.25, 0.3) is 5.69 Å². The maximum atomic E-state index is 4.11. The van der Waals surface area contributed by atoms with Crippen LogP contribution in [-0.4, -0.2) is 14.8 Å². The van der Waals surface area contributed by atoms with Gasteiger partial charge in [-0.15, -0.1) is 11.3 Å². The van der Waals surface area contributed by atoms with E-state index in [9.17, 15) is 0 Å². The van der Waals surface area contributed by atoms with E-state index < -0.39 is 0 Å². The predicted molar refractivity (Wildman–Crippen MR) is 171 cm³/mol. The van der Waals surface area contributed by atoms with Crippen LogP contribution in [0.2, 0.25) is 0 Å². The fraction of sp³-hybridized carbons (Fsp3) is 0.471. The number of aryl methyl sites for hydroxylation is 2. The molecule has 2 aromatic heterocycles. The van der Waals surface area contributed by atoms with Gasteiger partial charge in [0.05, 0.1) is 5.69 Å². The van der Waals surface area contributed by atoms with Crippen molar-refractivity contribution in [1.82, 2.24) is 14.8 Å². The molecular formula is C34H53N3S. The minimum Gasteiger partial charge on any atom is -0.223 e. The average molecular weight is 536 g/mol. The van der Waals surface area contributed by atoms with Gasteiger partial charge < -0.3 is 0 Å². The Labute approximate surface area is 238 Å². The lowest BCUT2D eigenvalue weighted by Gasteiger charge is -2.06. The summed E-state index contributed by atoms with van der Waals surface area (Å²) in [7, 11) is 0. The Morgan fingerprint density at radius 1 is 0.763 bits per heavy atom. The van der Waals surface area contributed by atoms with Gasteiger partial charge in [-0.2, -0.15) is 5.10 Å². The second-order valence-electron chi connectivity index (χ2n) is 10.7. The minimum atomic E-state index is 0. The number of aromatic nitrogens is 3. The second-order valence-corrected chi connectivity index (χ2v) is 11.7. The highest BCUT2D eigenvalue weighted by atomic mass is 32.1. The van der Waals surface area contributed by atoms with Crippen molar-refractivity contribution in [2.75, 3.05) is 0 Å². The molecular weight excluding hydrogens is 482 g/mol. The molecule has 0 saturated heterocycles. The first kappa shape index (κ1) is 35.3. The van der Waals surface area contributed by atoms with E-state index in [0.717, 1.165) is 23.9 Å². The number of rotatable bonds is 8. The van der Waals surface area contributed by atoms with Crippen molar-refractivity contribution >= 4 is 11.3 Å². The van der Waals surface area contributed by atoms with Gasteiger partial charge in [-0.05, 0) is 85.1 Å². The Bertz CT molecular complexity index is 1080. The monoisotopic (exact) mass is 535 g/mol. The highest BCUT2D eigenvalue weighted by molar-refractivity contribution is 7.09. The molecule has 0 unspecified atom stereocenters. The first-order valence-electron chi connectivity index (χ1n) is 13.2. The normalized spacial score (nSPS) is 10.2. The molecule has 0 spiro atoms. The zero-order chi connectivity index (χ0) is 26.3. The summed E-state index contributed by atoms with van der Waals surface area (Å²) in [4.78, 5) is 5.46. The fourth-order valence-corrected chi connectivity index (χ4v) is 4.56. The third-order valence-corrected chi connectivity index (χ3v) is 6.45. The van der Waals surface area contributed by atoms with Gasteiger partial charge in [-0.1, -0.05) is 104 Å². The standard InChI is InChI=1S/C12H15N3.C11H16.C9H14S.2CH4/c1-10(2)6-11-4-3-5-12(7-11)15-9-13-8-14-15;1-9(2)7-11-6-4-5-10(3)8-11;1-8(2)5-6-9-4-3-7-10-9;;/h3-5,7-10H,6H2,1-2H3;4-6,8-9H,7H2,1-3H3;3-4,7-8H,5-6H2,1-2H3;2*1H4. The van der Waals surface area contributed by atoms with Crippen LogP contribution in [0, 0.1) is 24.7 Å². The van der Waals surface area contributed by atoms with Crippen molar-refractivity contribution < 1.29 is 0 Å². The smallest absolute Gasteiger partial charge is 0.138 e. The second kappa shape index (κ2) is 19.4. The Morgan fingerprint density at radius 3 is 1.89 bits per heavy atom. The molecule has 4 aromatic rings. The van der Waals surface area contributed by atoms with Crippen molar-refractivity contribution in [3.05, 3.63) is 100 Å². The van der Waals surface area contributed by atoms with Crippen LogP contribution in [0.4, 0.5) is 0 Å². The van der Waals surface area contributed by atoms with Crippen LogP contribution in [0.15, 0.2) is 78.7 Å². The van der Waals surface area contributed by atoms with Crippen LogP contribution < -0.4 is 0 Å². The first-order chi connectivity index (χ1) is 17.2. The zero-order valence-corrected chi connectivity index (χ0v) is 24.1. The van der Waals surface area contributed by atoms with Crippen LogP contribution in [-0.2, 0) is 19.3 Å². The molecule has 0 saturated carbocycles. The van der Waals surface area contributed by atoms with Crippen LogP contribution in [0.1, 0.15) is 84.4 Å². The molecule has 0 aliphatic rings. The molecule has 0 N–H and O–H groups in total. The van der Waals surface area contributed by atoms with E-state index in [-0.39, 0.29) is 14.9 Å². The van der Waals surface area contributed by atoms with Gasteiger partial charge in [0.15, 0.2) is 0 Å². The maximum absolute atomic E-state index is 4.11. The number of hydrogen-bond donors (Lipinski definition) is 0. The topological polar surface area (TPSA) is 30.7 Å². The Hall–Kier alpha value is -2.72. The van der Waals surface area contributed by atoms with Gasteiger partial charge in [-0.3, -0.25) is 0 Å². The van der Waals surface area contributed by atoms with Crippen molar-refractivity contribution in [3.63, 3.8) is 0 Å². The number of nitrogens with zero attached hydrogens (tertiary/aromatic N) is 3. The minimum absolute atomic E-state index is 0. The molecule has 0 amide bonds. The zero-order valence-electron chi connectivity index (χ0n) is 23.3. The Kier molecular flexibility index (Phi) is 18.0. The molecule has 2 aromatic carbocycles. The van der Waals surface area contributed by atoms with Crippen molar-refractivity contribution in [3.8, 4) is 5.69 Å². The van der Waals surface area contributed by atoms with Gasteiger partial charge in [-0.25, -0.2) is 9.67 Å². The lowest BCUT2D eigenvalue weighted by atomic mass is 10.0. The third-order valence-electron chi connectivity index (χ3n) is 5.51. The lowest BCUT2D eigenvalue weighted by Crippen LogP contribution is -1.98. The van der Waals surface area contributed by atoms with E-state index in [1.54, 1.807) is 17.3 Å². The largest absolute Gasteiger partial charge is 0.223 e. The fourth-order valence-electron chi connectivity index (χ4n) is 3.84. The summed E-state index contributed by atoms with van der Waals surface area (Å²) in [5, 5.41) is 6.26. The quantitative estimate of drug-likeness (QED) is 0.225. The lowest BCUT2D eigenvalue weighted by molar-refractivity contribution is 0.590. The summed E-state index contributed by atoms with van der Waals surface area (Å²) in [6, 6.07) is 21.5. The van der Waals surface area contributed by atoms with E-state index >= 15 is 0 Å². The molecule has 0 atom stereocenters. The van der Waals surface area contributed by atoms with Crippen molar-refractivity contribution in [1.29, 1.82) is 0 Å². The molecule has 3 nitrogen and oxygen atoms in total. The molecule has 0 bridgehead atoms. The molecule has 4 rings (SSSR count). The van der Waals surface area contributed by atoms with E-state index in [1.807, 2.05) is 17.4 Å². The van der Waals surface area contributed by atoms with E-state index in [2.05, 4.69) is 119 Å². The number of benzene rings is 2. The first-order valence-corrected chi connectivity index (χ1v) is 14.1. The SMILES string of the molecule is C.C.CC(C)CCc1cccs1.CC(C)Cc1cccc(-n2cncn2)c1.Cc1cccc(CC(C)C)c1. The molecule has 0 aliphatic carbocycles. The van der Waals surface area contributed by atoms with Gasteiger partial charge >= 0.3 is 0 Å². The highest BCUT2D eigenvalue weighted by Gasteiger charge is 2.01. The molecule has 38 heavy (non-hydrogen) atoms. The Morgan fingerprint density at radius 2 is 1.39 bits per heavy atom. The summed E-state index contributed by atoms with van der Waals surface area (Å²) < 4.78 is 1.78. The van der Waals surface area contributed by atoms with Gasteiger partial charge in [0, 0.05) is 4.88 Å². The third kappa shape index (κ3) is 14.9. The summed E-state index contributed by atoms with van der Waals surface area (Å²) in [5.41, 5.74) is 5.24. The Balaban J connectivity index is 0.000000540. The van der Waals surface area contributed by atoms with Crippen molar-refractivity contribution in [2.45, 2.75) is 89.0 Å². The molecule has 210 valence electrons. The van der Waals surface area contributed by atoms with Crippen LogP contribution >= 0.6 is 11.3 Å². The molecule has 0 aliphatic heterocycles. The summed E-state index contributed by atoms with van der Waals surface area (Å²) in [6.07, 6.45) is 8.14. The molecule has 2 heterocycles. The summed E-state index contributed by atoms with van der Waals surface area (Å²) in [5.74, 6) is 2.27. The van der Waals surface area contributed by atoms with E-state index in [1.165, 1.54) is 40.8 Å². The van der Waals surface area contributed by atoms with Gasteiger partial charge in [0.25, 0.3) is 0 Å².